The molecule has 0 radical (unpaired) electrons. The molecule has 1 aliphatic rings. The monoisotopic (exact) mass is 318 g/mol. The lowest BCUT2D eigenvalue weighted by atomic mass is 9.61. The van der Waals surface area contributed by atoms with Gasteiger partial charge in [0.15, 0.2) is 0 Å². The predicted octanol–water partition coefficient (Wildman–Crippen LogP) is 1.81. The molecule has 3 unspecified atom stereocenters. The maximum absolute atomic E-state index is 12.9. The second kappa shape index (κ2) is 6.71. The van der Waals surface area contributed by atoms with E-state index in [9.17, 15) is 9.59 Å². The van der Waals surface area contributed by atoms with Gasteiger partial charge >= 0.3 is 0 Å². The molecule has 1 aromatic carbocycles. The molecule has 2 amide bonds. The number of rotatable bonds is 5. The zero-order valence-corrected chi connectivity index (χ0v) is 14.6. The molecule has 1 saturated heterocycles. The van der Waals surface area contributed by atoms with Crippen LogP contribution in [0.3, 0.4) is 0 Å². The van der Waals surface area contributed by atoms with Crippen LogP contribution in [0, 0.1) is 11.8 Å². The largest absolute Gasteiger partial charge is 0.497 e. The van der Waals surface area contributed by atoms with Crippen molar-refractivity contribution < 1.29 is 14.3 Å². The summed E-state index contributed by atoms with van der Waals surface area (Å²) in [4.78, 5) is 27.0. The molecule has 23 heavy (non-hydrogen) atoms. The standard InChI is InChI=1S/C18H26N2O3/c1-12-13(2)18(9-10-20(3)4,17(22)19-16(12)21)14-7-6-8-15(11-14)23-5/h6-8,11-13H,9-10H2,1-5H3,(H,19,21,22). The summed E-state index contributed by atoms with van der Waals surface area (Å²) in [6.45, 7) is 4.64. The van der Waals surface area contributed by atoms with Crippen molar-refractivity contribution in [3.63, 3.8) is 0 Å². The molecule has 5 heteroatoms. The minimum Gasteiger partial charge on any atom is -0.497 e. The van der Waals surface area contributed by atoms with E-state index >= 15 is 0 Å². The highest BCUT2D eigenvalue weighted by molar-refractivity contribution is 6.04. The molecule has 2 rings (SSSR count). The quantitative estimate of drug-likeness (QED) is 0.841. The Kier molecular flexibility index (Phi) is 5.09. The lowest BCUT2D eigenvalue weighted by molar-refractivity contribution is -0.145. The molecule has 1 aromatic rings. The summed E-state index contributed by atoms with van der Waals surface area (Å²) in [5.41, 5.74) is 0.176. The molecular weight excluding hydrogens is 292 g/mol. The third kappa shape index (κ3) is 3.11. The lowest BCUT2D eigenvalue weighted by Gasteiger charge is -2.44. The van der Waals surface area contributed by atoms with Crippen molar-refractivity contribution in [2.45, 2.75) is 25.7 Å². The third-order valence-electron chi connectivity index (χ3n) is 5.12. The van der Waals surface area contributed by atoms with E-state index in [1.54, 1.807) is 7.11 Å². The van der Waals surface area contributed by atoms with Crippen molar-refractivity contribution in [3.8, 4) is 5.75 Å². The molecule has 0 aliphatic carbocycles. The molecule has 1 aliphatic heterocycles. The van der Waals surface area contributed by atoms with Gasteiger partial charge in [0, 0.05) is 5.92 Å². The summed E-state index contributed by atoms with van der Waals surface area (Å²) < 4.78 is 5.33. The first-order valence-corrected chi connectivity index (χ1v) is 7.97. The minimum atomic E-state index is -0.730. The Labute approximate surface area is 138 Å². The van der Waals surface area contributed by atoms with E-state index in [1.165, 1.54) is 0 Å². The fraction of sp³-hybridized carbons (Fsp3) is 0.556. The average molecular weight is 318 g/mol. The SMILES string of the molecule is COc1cccc(C2(CCN(C)C)C(=O)NC(=O)C(C)C2C)c1. The van der Waals surface area contributed by atoms with Crippen LogP contribution in [0.25, 0.3) is 0 Å². The molecule has 0 aromatic heterocycles. The van der Waals surface area contributed by atoms with Crippen molar-refractivity contribution in [2.24, 2.45) is 11.8 Å². The molecule has 0 spiro atoms. The van der Waals surface area contributed by atoms with Gasteiger partial charge in [-0.25, -0.2) is 0 Å². The lowest BCUT2D eigenvalue weighted by Crippen LogP contribution is -2.60. The molecule has 0 saturated carbocycles. The van der Waals surface area contributed by atoms with Gasteiger partial charge in [-0.1, -0.05) is 26.0 Å². The zero-order chi connectivity index (χ0) is 17.2. The van der Waals surface area contributed by atoms with Gasteiger partial charge in [0.1, 0.15) is 5.75 Å². The molecule has 3 atom stereocenters. The van der Waals surface area contributed by atoms with Gasteiger partial charge in [0.2, 0.25) is 11.8 Å². The summed E-state index contributed by atoms with van der Waals surface area (Å²) in [5, 5.41) is 2.57. The average Bonchev–Trinajstić information content (AvgIpc) is 2.53. The Bertz CT molecular complexity index is 600. The van der Waals surface area contributed by atoms with Crippen LogP contribution in [-0.2, 0) is 15.0 Å². The third-order valence-corrected chi connectivity index (χ3v) is 5.12. The van der Waals surface area contributed by atoms with E-state index < -0.39 is 5.41 Å². The fourth-order valence-corrected chi connectivity index (χ4v) is 3.38. The first-order chi connectivity index (χ1) is 10.8. The number of piperidine rings is 1. The number of hydrogen-bond donors (Lipinski definition) is 1. The van der Waals surface area contributed by atoms with Gasteiger partial charge in [-0.3, -0.25) is 14.9 Å². The summed E-state index contributed by atoms with van der Waals surface area (Å²) in [6, 6.07) is 7.63. The molecule has 0 bridgehead atoms. The van der Waals surface area contributed by atoms with Crippen molar-refractivity contribution in [1.82, 2.24) is 10.2 Å². The van der Waals surface area contributed by atoms with Crippen LogP contribution in [0.4, 0.5) is 0 Å². The van der Waals surface area contributed by atoms with Crippen LogP contribution in [0.2, 0.25) is 0 Å². The number of carbonyl (C=O) groups is 2. The summed E-state index contributed by atoms with van der Waals surface area (Å²) in [5.74, 6) is 0.0160. The van der Waals surface area contributed by atoms with Gasteiger partial charge in [-0.15, -0.1) is 0 Å². The van der Waals surface area contributed by atoms with E-state index in [-0.39, 0.29) is 23.7 Å². The van der Waals surface area contributed by atoms with Crippen molar-refractivity contribution in [2.75, 3.05) is 27.7 Å². The first-order valence-electron chi connectivity index (χ1n) is 7.97. The number of imide groups is 1. The fourth-order valence-electron chi connectivity index (χ4n) is 3.38. The highest BCUT2D eigenvalue weighted by atomic mass is 16.5. The minimum absolute atomic E-state index is 0.0872. The van der Waals surface area contributed by atoms with Crippen molar-refractivity contribution >= 4 is 11.8 Å². The van der Waals surface area contributed by atoms with E-state index in [0.29, 0.717) is 6.42 Å². The molecule has 1 heterocycles. The number of methoxy groups -OCH3 is 1. The maximum atomic E-state index is 12.9. The van der Waals surface area contributed by atoms with E-state index in [1.807, 2.05) is 52.2 Å². The van der Waals surface area contributed by atoms with E-state index in [0.717, 1.165) is 17.9 Å². The van der Waals surface area contributed by atoms with Gasteiger partial charge < -0.3 is 9.64 Å². The number of ether oxygens (including phenoxy) is 1. The number of nitrogens with zero attached hydrogens (tertiary/aromatic N) is 1. The van der Waals surface area contributed by atoms with Gasteiger partial charge in [-0.2, -0.15) is 0 Å². The summed E-state index contributed by atoms with van der Waals surface area (Å²) >= 11 is 0. The highest BCUT2D eigenvalue weighted by Gasteiger charge is 2.52. The Morgan fingerprint density at radius 1 is 1.26 bits per heavy atom. The number of nitrogens with one attached hydrogen (secondary N) is 1. The van der Waals surface area contributed by atoms with Gasteiger partial charge in [0.05, 0.1) is 12.5 Å². The number of amides is 2. The topological polar surface area (TPSA) is 58.6 Å². The smallest absolute Gasteiger partial charge is 0.237 e. The zero-order valence-electron chi connectivity index (χ0n) is 14.6. The van der Waals surface area contributed by atoms with Crippen LogP contribution in [0.15, 0.2) is 24.3 Å². The molecule has 126 valence electrons. The number of hydrogen-bond acceptors (Lipinski definition) is 4. The van der Waals surface area contributed by atoms with Gasteiger partial charge in [-0.05, 0) is 50.7 Å². The molecular formula is C18H26N2O3. The van der Waals surface area contributed by atoms with Crippen LogP contribution in [0.1, 0.15) is 25.8 Å². The van der Waals surface area contributed by atoms with Crippen LogP contribution in [-0.4, -0.2) is 44.5 Å². The first kappa shape index (κ1) is 17.5. The van der Waals surface area contributed by atoms with Crippen LogP contribution < -0.4 is 10.1 Å². The van der Waals surface area contributed by atoms with Crippen molar-refractivity contribution in [3.05, 3.63) is 29.8 Å². The normalized spacial score (nSPS) is 27.9. The predicted molar refractivity (Wildman–Crippen MR) is 89.3 cm³/mol. The van der Waals surface area contributed by atoms with E-state index in [2.05, 4.69) is 10.2 Å². The Morgan fingerprint density at radius 3 is 2.57 bits per heavy atom. The van der Waals surface area contributed by atoms with E-state index in [4.69, 9.17) is 4.74 Å². The Hall–Kier alpha value is -1.88. The maximum Gasteiger partial charge on any atom is 0.237 e. The second-order valence-electron chi connectivity index (χ2n) is 6.65. The molecule has 1 fully saturated rings. The second-order valence-corrected chi connectivity index (χ2v) is 6.65. The Balaban J connectivity index is 2.54. The van der Waals surface area contributed by atoms with Crippen LogP contribution >= 0.6 is 0 Å². The summed E-state index contributed by atoms with van der Waals surface area (Å²) in [6.07, 6.45) is 0.651. The molecule has 5 nitrogen and oxygen atoms in total. The van der Waals surface area contributed by atoms with Crippen molar-refractivity contribution in [1.29, 1.82) is 0 Å². The highest BCUT2D eigenvalue weighted by Crippen LogP contribution is 2.43. The van der Waals surface area contributed by atoms with Gasteiger partial charge in [0.25, 0.3) is 0 Å². The number of benzene rings is 1. The molecule has 1 N–H and O–H groups in total. The summed E-state index contributed by atoms with van der Waals surface area (Å²) in [7, 11) is 5.58. The Morgan fingerprint density at radius 2 is 1.96 bits per heavy atom. The van der Waals surface area contributed by atoms with Crippen LogP contribution in [0.5, 0.6) is 5.75 Å². The number of carbonyl (C=O) groups excluding carboxylic acids is 2.